The average Bonchev–Trinajstić information content (AvgIpc) is 3.71. The van der Waals surface area contributed by atoms with Crippen LogP contribution < -0.4 is 9.44 Å². The molecule has 0 spiro atoms. The molecule has 0 radical (unpaired) electrons. The predicted octanol–water partition coefficient (Wildman–Crippen LogP) is 3.55. The summed E-state index contributed by atoms with van der Waals surface area (Å²) < 4.78 is 66.5. The van der Waals surface area contributed by atoms with Crippen LogP contribution in [0, 0.1) is 26.0 Å². The Morgan fingerprint density at radius 2 is 1.22 bits per heavy atom. The van der Waals surface area contributed by atoms with Crippen molar-refractivity contribution in [2.45, 2.75) is 73.7 Å². The van der Waals surface area contributed by atoms with Crippen LogP contribution in [-0.2, 0) is 26.5 Å². The van der Waals surface area contributed by atoms with E-state index in [-0.39, 0.29) is 21.0 Å². The standard InChI is InChI=1S/C12H16N2O4S.C10H11FN2O4S/c1-3-9-8-10(4-5-11(9)14(15)16)19(17,18)13-12(2)6-7-12;1-10(4-5-10)12-18(16,17)7-2-3-9(13(14)15)8(11)6-7/h4-5,8,13H,3,6-7H2,1-2H3;2-3,6,12H,4-5H2,1H3. The molecular formula is C22H27FN4O8S2. The van der Waals surface area contributed by atoms with E-state index in [1.165, 1.54) is 18.2 Å². The van der Waals surface area contributed by atoms with Gasteiger partial charge in [-0.3, -0.25) is 20.2 Å². The van der Waals surface area contributed by atoms with Crippen molar-refractivity contribution in [3.8, 4) is 0 Å². The van der Waals surface area contributed by atoms with Crippen LogP contribution in [0.15, 0.2) is 46.2 Å². The molecule has 2 aromatic carbocycles. The zero-order valence-electron chi connectivity index (χ0n) is 20.4. The van der Waals surface area contributed by atoms with Gasteiger partial charge in [0.2, 0.25) is 25.9 Å². The number of benzene rings is 2. The molecule has 0 saturated heterocycles. The fourth-order valence-corrected chi connectivity index (χ4v) is 6.33. The molecule has 2 fully saturated rings. The number of nitro benzene ring substituents is 2. The predicted molar refractivity (Wildman–Crippen MR) is 131 cm³/mol. The van der Waals surface area contributed by atoms with Gasteiger partial charge in [0.15, 0.2) is 0 Å². The Morgan fingerprint density at radius 1 is 0.811 bits per heavy atom. The van der Waals surface area contributed by atoms with Crippen LogP contribution in [0.4, 0.5) is 15.8 Å². The molecule has 2 aliphatic rings. The second-order valence-electron chi connectivity index (χ2n) is 9.60. The number of rotatable bonds is 9. The summed E-state index contributed by atoms with van der Waals surface area (Å²) in [6, 6.07) is 6.45. The lowest BCUT2D eigenvalue weighted by atomic mass is 10.1. The van der Waals surface area contributed by atoms with E-state index >= 15 is 0 Å². The van der Waals surface area contributed by atoms with Crippen molar-refractivity contribution < 1.29 is 31.1 Å². The summed E-state index contributed by atoms with van der Waals surface area (Å²) in [5.74, 6) is -1.16. The average molecular weight is 559 g/mol. The maximum atomic E-state index is 13.3. The van der Waals surface area contributed by atoms with Crippen molar-refractivity contribution >= 4 is 31.4 Å². The van der Waals surface area contributed by atoms with E-state index in [0.29, 0.717) is 18.1 Å². The minimum atomic E-state index is -3.83. The van der Waals surface area contributed by atoms with E-state index in [2.05, 4.69) is 9.44 Å². The van der Waals surface area contributed by atoms with Gasteiger partial charge in [0.1, 0.15) is 0 Å². The maximum absolute atomic E-state index is 13.3. The maximum Gasteiger partial charge on any atom is 0.304 e. The lowest BCUT2D eigenvalue weighted by Gasteiger charge is -2.12. The Hall–Kier alpha value is -3.01. The van der Waals surface area contributed by atoms with Gasteiger partial charge >= 0.3 is 5.69 Å². The molecule has 37 heavy (non-hydrogen) atoms. The number of sulfonamides is 2. The van der Waals surface area contributed by atoms with Gasteiger partial charge in [0.05, 0.1) is 19.6 Å². The van der Waals surface area contributed by atoms with Crippen molar-refractivity contribution in [1.82, 2.24) is 9.44 Å². The van der Waals surface area contributed by atoms with Crippen LogP contribution in [0.3, 0.4) is 0 Å². The van der Waals surface area contributed by atoms with Crippen molar-refractivity contribution in [3.05, 3.63) is 68.0 Å². The van der Waals surface area contributed by atoms with Gasteiger partial charge < -0.3 is 0 Å². The highest BCUT2D eigenvalue weighted by atomic mass is 32.2. The molecule has 0 bridgehead atoms. The van der Waals surface area contributed by atoms with Gasteiger partial charge in [-0.15, -0.1) is 0 Å². The Bertz CT molecular complexity index is 1450. The van der Waals surface area contributed by atoms with Gasteiger partial charge in [-0.1, -0.05) is 6.92 Å². The topological polar surface area (TPSA) is 179 Å². The highest BCUT2D eigenvalue weighted by molar-refractivity contribution is 7.89. The number of aryl methyl sites for hydroxylation is 1. The largest absolute Gasteiger partial charge is 0.304 e. The summed E-state index contributed by atoms with van der Waals surface area (Å²) in [6.45, 7) is 5.34. The Kier molecular flexibility index (Phi) is 7.75. The first kappa shape index (κ1) is 28.6. The number of hydrogen-bond acceptors (Lipinski definition) is 8. The Labute approximate surface area is 213 Å². The lowest BCUT2D eigenvalue weighted by Crippen LogP contribution is -2.34. The van der Waals surface area contributed by atoms with Crippen LogP contribution in [0.2, 0.25) is 0 Å². The Balaban J connectivity index is 0.000000206. The number of hydrogen-bond donors (Lipinski definition) is 2. The van der Waals surface area contributed by atoms with Crippen LogP contribution in [0.1, 0.15) is 52.0 Å². The van der Waals surface area contributed by atoms with Gasteiger partial charge in [0, 0.05) is 34.8 Å². The first-order valence-corrected chi connectivity index (χ1v) is 14.3. The summed E-state index contributed by atoms with van der Waals surface area (Å²) in [7, 11) is -7.44. The molecule has 4 rings (SSSR count). The molecule has 202 valence electrons. The summed E-state index contributed by atoms with van der Waals surface area (Å²) in [5, 5.41) is 21.2. The second-order valence-corrected chi connectivity index (χ2v) is 13.0. The van der Waals surface area contributed by atoms with E-state index in [4.69, 9.17) is 0 Å². The SMILES string of the molecule is CC1(NS(=O)(=O)c2ccc([N+](=O)[O-])c(F)c2)CC1.CCc1cc(S(=O)(=O)NC2(C)CC2)ccc1[N+](=O)[O-]. The van der Waals surface area contributed by atoms with Gasteiger partial charge in [-0.25, -0.2) is 26.3 Å². The number of nitrogens with zero attached hydrogens (tertiary/aromatic N) is 2. The summed E-state index contributed by atoms with van der Waals surface area (Å²) in [4.78, 5) is 19.6. The number of nitrogens with one attached hydrogen (secondary N) is 2. The van der Waals surface area contributed by atoms with Crippen LogP contribution in [0.5, 0.6) is 0 Å². The van der Waals surface area contributed by atoms with E-state index in [1.807, 2.05) is 6.92 Å². The summed E-state index contributed by atoms with van der Waals surface area (Å²) in [6.07, 6.45) is 3.50. The van der Waals surface area contributed by atoms with Crippen molar-refractivity contribution in [1.29, 1.82) is 0 Å². The molecular weight excluding hydrogens is 531 g/mol. The molecule has 2 saturated carbocycles. The van der Waals surface area contributed by atoms with Crippen LogP contribution in [0.25, 0.3) is 0 Å². The van der Waals surface area contributed by atoms with E-state index < -0.39 is 46.9 Å². The fraction of sp³-hybridized carbons (Fsp3) is 0.455. The third kappa shape index (κ3) is 7.06. The number of nitro groups is 2. The fourth-order valence-electron chi connectivity index (χ4n) is 3.34. The molecule has 15 heteroatoms. The van der Waals surface area contributed by atoms with Crippen LogP contribution in [-0.4, -0.2) is 37.8 Å². The highest BCUT2D eigenvalue weighted by Gasteiger charge is 2.42. The van der Waals surface area contributed by atoms with Crippen molar-refractivity contribution in [3.63, 3.8) is 0 Å². The van der Waals surface area contributed by atoms with E-state index in [0.717, 1.165) is 37.8 Å². The lowest BCUT2D eigenvalue weighted by molar-refractivity contribution is -0.387. The molecule has 0 amide bonds. The third-order valence-corrected chi connectivity index (χ3v) is 9.40. The van der Waals surface area contributed by atoms with Gasteiger partial charge in [-0.2, -0.15) is 4.39 Å². The third-order valence-electron chi connectivity index (χ3n) is 6.13. The molecule has 2 N–H and O–H groups in total. The first-order chi connectivity index (χ1) is 17.0. The Morgan fingerprint density at radius 3 is 1.57 bits per heavy atom. The second kappa shape index (κ2) is 10.0. The normalized spacial score (nSPS) is 17.3. The minimum Gasteiger partial charge on any atom is -0.258 e. The zero-order chi connectivity index (χ0) is 27.8. The molecule has 2 aromatic rings. The molecule has 2 aliphatic carbocycles. The molecule has 12 nitrogen and oxygen atoms in total. The monoisotopic (exact) mass is 558 g/mol. The molecule has 0 aliphatic heterocycles. The smallest absolute Gasteiger partial charge is 0.258 e. The summed E-state index contributed by atoms with van der Waals surface area (Å²) in [5.41, 5.74) is -1.19. The number of halogens is 1. The molecule has 0 atom stereocenters. The quantitative estimate of drug-likeness (QED) is 0.346. The minimum absolute atomic E-state index is 0.0425. The van der Waals surface area contributed by atoms with Gasteiger partial charge in [0.25, 0.3) is 5.69 Å². The zero-order valence-corrected chi connectivity index (χ0v) is 22.0. The summed E-state index contributed by atoms with van der Waals surface area (Å²) >= 11 is 0. The highest BCUT2D eigenvalue weighted by Crippen LogP contribution is 2.37. The van der Waals surface area contributed by atoms with Crippen molar-refractivity contribution in [2.24, 2.45) is 0 Å². The van der Waals surface area contributed by atoms with Gasteiger partial charge in [-0.05, 0) is 64.2 Å². The molecule has 0 aromatic heterocycles. The van der Waals surface area contributed by atoms with Crippen molar-refractivity contribution in [2.75, 3.05) is 0 Å². The van der Waals surface area contributed by atoms with E-state index in [1.54, 1.807) is 13.8 Å². The van der Waals surface area contributed by atoms with E-state index in [9.17, 15) is 41.5 Å². The molecule has 0 heterocycles. The molecule has 0 unspecified atom stereocenters. The first-order valence-electron chi connectivity index (χ1n) is 11.3. The van der Waals surface area contributed by atoms with Crippen LogP contribution >= 0.6 is 0 Å².